The van der Waals surface area contributed by atoms with Crippen molar-refractivity contribution in [2.75, 3.05) is 6.54 Å². The first-order valence-corrected chi connectivity index (χ1v) is 8.15. The molecule has 0 radical (unpaired) electrons. The minimum absolute atomic E-state index is 0.0874. The minimum Gasteiger partial charge on any atom is -0.459 e. The number of furan rings is 1. The lowest BCUT2D eigenvalue weighted by Gasteiger charge is -2.20. The number of hydrogen-bond acceptors (Lipinski definition) is 2. The third-order valence-corrected chi connectivity index (χ3v) is 4.25. The van der Waals surface area contributed by atoms with Crippen LogP contribution in [0.2, 0.25) is 0 Å². The molecule has 0 aliphatic heterocycles. The van der Waals surface area contributed by atoms with Crippen molar-refractivity contribution in [2.24, 2.45) is 0 Å². The summed E-state index contributed by atoms with van der Waals surface area (Å²) >= 11 is 0. The summed E-state index contributed by atoms with van der Waals surface area (Å²) in [6, 6.07) is 6.69. The summed E-state index contributed by atoms with van der Waals surface area (Å²) in [7, 11) is 0. The molecule has 2 aromatic rings. The largest absolute Gasteiger partial charge is 0.459 e. The molecule has 0 saturated heterocycles. The van der Waals surface area contributed by atoms with E-state index in [1.54, 1.807) is 0 Å². The second-order valence-corrected chi connectivity index (χ2v) is 7.00. The SMILES string of the molecule is CCNCc1oc2ccc(C(C)CC)cc2c1C(C)(C)C. The van der Waals surface area contributed by atoms with Gasteiger partial charge < -0.3 is 9.73 Å². The molecular formula is C19H29NO. The Morgan fingerprint density at radius 2 is 1.90 bits per heavy atom. The molecule has 2 nitrogen and oxygen atoms in total. The molecule has 1 heterocycles. The second kappa shape index (κ2) is 6.23. The molecule has 0 saturated carbocycles. The molecule has 116 valence electrons. The van der Waals surface area contributed by atoms with Gasteiger partial charge in [-0.1, -0.05) is 47.6 Å². The van der Waals surface area contributed by atoms with E-state index in [2.05, 4.69) is 65.1 Å². The van der Waals surface area contributed by atoms with Gasteiger partial charge in [-0.05, 0) is 42.0 Å². The maximum Gasteiger partial charge on any atom is 0.134 e. The Bertz CT molecular complexity index is 604. The summed E-state index contributed by atoms with van der Waals surface area (Å²) < 4.78 is 6.13. The van der Waals surface area contributed by atoms with Crippen LogP contribution < -0.4 is 5.32 Å². The molecule has 0 amide bonds. The van der Waals surface area contributed by atoms with E-state index in [0.717, 1.165) is 24.4 Å². The third kappa shape index (κ3) is 3.32. The topological polar surface area (TPSA) is 25.2 Å². The van der Waals surface area contributed by atoms with Crippen LogP contribution in [0.1, 0.15) is 70.8 Å². The normalized spacial score (nSPS) is 13.8. The summed E-state index contributed by atoms with van der Waals surface area (Å²) in [6.45, 7) is 15.2. The molecule has 1 aromatic carbocycles. The van der Waals surface area contributed by atoms with Crippen molar-refractivity contribution in [1.29, 1.82) is 0 Å². The van der Waals surface area contributed by atoms with Gasteiger partial charge in [0.1, 0.15) is 11.3 Å². The van der Waals surface area contributed by atoms with Crippen LogP contribution in [-0.2, 0) is 12.0 Å². The number of benzene rings is 1. The maximum atomic E-state index is 6.13. The first-order valence-electron chi connectivity index (χ1n) is 8.15. The van der Waals surface area contributed by atoms with Crippen LogP contribution in [0.4, 0.5) is 0 Å². The molecule has 1 unspecified atom stereocenters. The Kier molecular flexibility index (Phi) is 4.77. The quantitative estimate of drug-likeness (QED) is 0.801. The minimum atomic E-state index is 0.0874. The third-order valence-electron chi connectivity index (χ3n) is 4.25. The maximum absolute atomic E-state index is 6.13. The lowest BCUT2D eigenvalue weighted by Crippen LogP contribution is -2.18. The number of hydrogen-bond donors (Lipinski definition) is 1. The summed E-state index contributed by atoms with van der Waals surface area (Å²) in [4.78, 5) is 0. The first kappa shape index (κ1) is 16.1. The monoisotopic (exact) mass is 287 g/mol. The van der Waals surface area contributed by atoms with Gasteiger partial charge in [0.05, 0.1) is 6.54 Å². The van der Waals surface area contributed by atoms with Gasteiger partial charge in [0.2, 0.25) is 0 Å². The summed E-state index contributed by atoms with van der Waals surface area (Å²) in [5.41, 5.74) is 3.86. The summed E-state index contributed by atoms with van der Waals surface area (Å²) in [6.07, 6.45) is 1.17. The van der Waals surface area contributed by atoms with E-state index in [1.807, 2.05) is 0 Å². The zero-order chi connectivity index (χ0) is 15.6. The summed E-state index contributed by atoms with van der Waals surface area (Å²) in [5.74, 6) is 1.68. The first-order chi connectivity index (χ1) is 9.88. The van der Waals surface area contributed by atoms with E-state index in [0.29, 0.717) is 5.92 Å². The van der Waals surface area contributed by atoms with Gasteiger partial charge in [0.15, 0.2) is 0 Å². The summed E-state index contributed by atoms with van der Waals surface area (Å²) in [5, 5.41) is 4.68. The van der Waals surface area contributed by atoms with Crippen molar-refractivity contribution >= 4 is 11.0 Å². The van der Waals surface area contributed by atoms with Gasteiger partial charge in [-0.3, -0.25) is 0 Å². The zero-order valence-electron chi connectivity index (χ0n) is 14.3. The van der Waals surface area contributed by atoms with E-state index < -0.39 is 0 Å². The van der Waals surface area contributed by atoms with Crippen molar-refractivity contribution in [3.05, 3.63) is 35.1 Å². The van der Waals surface area contributed by atoms with Crippen LogP contribution in [0, 0.1) is 0 Å². The Hall–Kier alpha value is -1.28. The Morgan fingerprint density at radius 1 is 1.19 bits per heavy atom. The van der Waals surface area contributed by atoms with Crippen LogP contribution in [0.25, 0.3) is 11.0 Å². The average Bonchev–Trinajstić information content (AvgIpc) is 2.81. The van der Waals surface area contributed by atoms with Gasteiger partial charge in [-0.2, -0.15) is 0 Å². The fraction of sp³-hybridized carbons (Fsp3) is 0.579. The van der Waals surface area contributed by atoms with E-state index in [-0.39, 0.29) is 5.41 Å². The zero-order valence-corrected chi connectivity index (χ0v) is 14.3. The average molecular weight is 287 g/mol. The number of fused-ring (bicyclic) bond motifs is 1. The van der Waals surface area contributed by atoms with E-state index in [1.165, 1.54) is 22.9 Å². The van der Waals surface area contributed by atoms with Crippen LogP contribution in [0.15, 0.2) is 22.6 Å². The fourth-order valence-corrected chi connectivity index (χ4v) is 2.89. The highest BCUT2D eigenvalue weighted by Crippen LogP contribution is 2.37. The Morgan fingerprint density at radius 3 is 2.48 bits per heavy atom. The van der Waals surface area contributed by atoms with Gasteiger partial charge in [-0.25, -0.2) is 0 Å². The highest BCUT2D eigenvalue weighted by Gasteiger charge is 2.25. The molecule has 0 bridgehead atoms. The molecule has 1 N–H and O–H groups in total. The molecule has 0 aliphatic rings. The van der Waals surface area contributed by atoms with Gasteiger partial charge in [-0.15, -0.1) is 0 Å². The van der Waals surface area contributed by atoms with Crippen molar-refractivity contribution in [3.8, 4) is 0 Å². The predicted molar refractivity (Wildman–Crippen MR) is 91.0 cm³/mol. The predicted octanol–water partition coefficient (Wildman–Crippen LogP) is 5.35. The van der Waals surface area contributed by atoms with Gasteiger partial charge >= 0.3 is 0 Å². The van der Waals surface area contributed by atoms with Crippen LogP contribution in [0.5, 0.6) is 0 Å². The fourth-order valence-electron chi connectivity index (χ4n) is 2.89. The Balaban J connectivity index is 2.59. The van der Waals surface area contributed by atoms with E-state index in [4.69, 9.17) is 4.42 Å². The number of rotatable bonds is 5. The molecule has 0 aliphatic carbocycles. The number of nitrogens with one attached hydrogen (secondary N) is 1. The molecule has 2 heteroatoms. The van der Waals surface area contributed by atoms with Gasteiger partial charge in [0.25, 0.3) is 0 Å². The molecule has 21 heavy (non-hydrogen) atoms. The Labute approximate surface area is 128 Å². The second-order valence-electron chi connectivity index (χ2n) is 7.00. The van der Waals surface area contributed by atoms with E-state index in [9.17, 15) is 0 Å². The van der Waals surface area contributed by atoms with Crippen LogP contribution in [0.3, 0.4) is 0 Å². The highest BCUT2D eigenvalue weighted by atomic mass is 16.3. The highest BCUT2D eigenvalue weighted by molar-refractivity contribution is 5.84. The van der Waals surface area contributed by atoms with Gasteiger partial charge in [0, 0.05) is 10.9 Å². The molecule has 0 fully saturated rings. The molecule has 2 rings (SSSR count). The lowest BCUT2D eigenvalue weighted by atomic mass is 9.84. The van der Waals surface area contributed by atoms with Crippen LogP contribution >= 0.6 is 0 Å². The molecule has 1 aromatic heterocycles. The smallest absolute Gasteiger partial charge is 0.134 e. The van der Waals surface area contributed by atoms with Crippen LogP contribution in [-0.4, -0.2) is 6.54 Å². The van der Waals surface area contributed by atoms with Crippen molar-refractivity contribution < 1.29 is 4.42 Å². The van der Waals surface area contributed by atoms with Crippen molar-refractivity contribution in [2.45, 2.75) is 65.8 Å². The van der Waals surface area contributed by atoms with Crippen molar-refractivity contribution in [3.63, 3.8) is 0 Å². The molecule has 1 atom stereocenters. The standard InChI is InChI=1S/C19H29NO/c1-7-13(3)14-9-10-16-15(11-14)18(19(4,5)6)17(21-16)12-20-8-2/h9-11,13,20H,7-8,12H2,1-6H3. The van der Waals surface area contributed by atoms with Crippen molar-refractivity contribution in [1.82, 2.24) is 5.32 Å². The lowest BCUT2D eigenvalue weighted by molar-refractivity contribution is 0.487. The van der Waals surface area contributed by atoms with E-state index >= 15 is 0 Å². The molecule has 0 spiro atoms. The molecular weight excluding hydrogens is 258 g/mol.